The summed E-state index contributed by atoms with van der Waals surface area (Å²) in [5.41, 5.74) is 27.2. The van der Waals surface area contributed by atoms with Gasteiger partial charge in [-0.3, -0.25) is 0 Å². The zero-order chi connectivity index (χ0) is 84.5. The molecule has 0 unspecified atom stereocenters. The van der Waals surface area contributed by atoms with Gasteiger partial charge in [0.2, 0.25) is 0 Å². The fraction of sp³-hybridized carbons (Fsp3) is 0. The molecule has 0 radical (unpaired) electrons. The van der Waals surface area contributed by atoms with Gasteiger partial charge in [-0.15, -0.1) is 0 Å². The van der Waals surface area contributed by atoms with Crippen LogP contribution < -0.4 is 0 Å². The van der Waals surface area contributed by atoms with Crippen molar-refractivity contribution < 1.29 is 4.42 Å². The highest BCUT2D eigenvalue weighted by molar-refractivity contribution is 6.33. The van der Waals surface area contributed by atoms with Crippen LogP contribution in [0.1, 0.15) is 0 Å². The second-order valence-electron chi connectivity index (χ2n) is 34.6. The lowest BCUT2D eigenvalue weighted by Gasteiger charge is -2.19. The molecule has 0 N–H and O–H groups in total. The first-order valence-corrected chi connectivity index (χ1v) is 44.7. The van der Waals surface area contributed by atoms with Gasteiger partial charge in [0.25, 0.3) is 0 Å². The number of para-hydroxylation sites is 4. The Morgan fingerprint density at radius 3 is 1.05 bits per heavy atom. The first-order valence-electron chi connectivity index (χ1n) is 44.7. The molecule has 0 spiro atoms. The van der Waals surface area contributed by atoms with E-state index in [1.54, 1.807) is 0 Å². The summed E-state index contributed by atoms with van der Waals surface area (Å²) < 4.78 is 11.3. The highest BCUT2D eigenvalue weighted by atomic mass is 16.3. The Morgan fingerprint density at radius 2 is 0.481 bits per heavy atom. The smallest absolute Gasteiger partial charge is 0.136 e. The average molecular weight is 1630 g/mol. The van der Waals surface area contributed by atoms with Gasteiger partial charge in [-0.25, -0.2) is 0 Å². The van der Waals surface area contributed by atoms with Gasteiger partial charge in [-0.05, 0) is 229 Å². The standard InChI is InChI=1S/2C42H25N.C42H26O/c1-2-12-27-25-28(22-21-26(27)11-1)39-30-14-3-5-16-32(30)40(33-17-6-4-15-31(33)39)36-24-23-34-29-13-7-9-19-37(29)43-38-20-10-8-18-35(38)41(36)42(34)43;1-2-13-28-26(11-1)12-9-19-31(28)41-34-17-5-3-15-32(34)40(33-16-4-6-18-35(33)41)27-23-24-30-37-21-10-20-36-29-14-7-8-22-38(29)43(42(36)37)39(30)25-27;1-2-12-27(13-3-1)31-16-6-7-17-32(31)42-35-20-10-8-18-33(35)41(34-19-9-11-21-36(34)42)30-22-23-39-37(25-30)38-24-28-14-4-5-15-29(28)26-40(38)43-39/h2*1-25H;1-26H. The molecule has 3 heteroatoms. The van der Waals surface area contributed by atoms with Crippen LogP contribution >= 0.6 is 0 Å². The Morgan fingerprint density at radius 1 is 0.140 bits per heavy atom. The van der Waals surface area contributed by atoms with Crippen molar-refractivity contribution in [1.29, 1.82) is 0 Å². The van der Waals surface area contributed by atoms with E-state index in [1.807, 2.05) is 0 Å². The molecule has 596 valence electrons. The zero-order valence-electron chi connectivity index (χ0n) is 70.2. The van der Waals surface area contributed by atoms with Crippen LogP contribution in [0.4, 0.5) is 0 Å². The summed E-state index contributed by atoms with van der Waals surface area (Å²) in [6.07, 6.45) is 0. The minimum absolute atomic E-state index is 0.913. The quantitative estimate of drug-likeness (QED) is 0.146. The lowest BCUT2D eigenvalue weighted by Crippen LogP contribution is -1.92. The van der Waals surface area contributed by atoms with E-state index in [4.69, 9.17) is 4.42 Å². The Hall–Kier alpha value is -17.0. The molecule has 0 aliphatic carbocycles. The number of nitrogens with zero attached hydrogens (tertiary/aromatic N) is 2. The largest absolute Gasteiger partial charge is 0.456 e. The van der Waals surface area contributed by atoms with Crippen LogP contribution in [0.5, 0.6) is 0 Å². The topological polar surface area (TPSA) is 22.0 Å². The number of hydrogen-bond acceptors (Lipinski definition) is 1. The zero-order valence-corrected chi connectivity index (χ0v) is 70.2. The van der Waals surface area contributed by atoms with E-state index in [0.29, 0.717) is 0 Å². The van der Waals surface area contributed by atoms with Crippen molar-refractivity contribution in [3.05, 3.63) is 461 Å². The molecule has 3 nitrogen and oxygen atoms in total. The second kappa shape index (κ2) is 28.8. The van der Waals surface area contributed by atoms with Crippen molar-refractivity contribution in [2.45, 2.75) is 0 Å². The summed E-state index contributed by atoms with van der Waals surface area (Å²) in [5, 5.41) is 35.5. The maximum absolute atomic E-state index is 6.36. The van der Waals surface area contributed by atoms with Gasteiger partial charge in [0.15, 0.2) is 0 Å². The van der Waals surface area contributed by atoms with Crippen LogP contribution in [0.2, 0.25) is 0 Å². The summed E-state index contributed by atoms with van der Waals surface area (Å²) in [6, 6.07) is 169. The van der Waals surface area contributed by atoms with Crippen LogP contribution in [0.25, 0.3) is 273 Å². The van der Waals surface area contributed by atoms with E-state index in [9.17, 15) is 0 Å². The third-order valence-corrected chi connectivity index (χ3v) is 27.8. The average Bonchev–Trinajstić information content (AvgIpc) is 1.57. The van der Waals surface area contributed by atoms with Crippen molar-refractivity contribution in [2.24, 2.45) is 0 Å². The van der Waals surface area contributed by atoms with Crippen molar-refractivity contribution in [3.63, 3.8) is 0 Å². The molecular formula is C126H76N2O. The van der Waals surface area contributed by atoms with Crippen LogP contribution in [0, 0.1) is 0 Å². The summed E-state index contributed by atoms with van der Waals surface area (Å²) in [7, 11) is 0. The minimum Gasteiger partial charge on any atom is -0.456 e. The number of benzene rings is 24. The lowest BCUT2D eigenvalue weighted by atomic mass is 9.83. The molecule has 0 atom stereocenters. The molecule has 0 saturated heterocycles. The van der Waals surface area contributed by atoms with Crippen LogP contribution in [-0.4, -0.2) is 8.80 Å². The molecule has 0 aliphatic rings. The minimum atomic E-state index is 0.913. The van der Waals surface area contributed by atoms with E-state index in [0.717, 1.165) is 21.9 Å². The SMILES string of the molecule is c1ccc(-c2ccccc2-c2c3ccccc3c(-c3ccc4oc5cc6ccccc6cc5c4c3)c3ccccc23)cc1.c1ccc2c(-c3c4ccccc4c(-c4ccc5c6cccc7c8ccccc8n(c5c4)c76)c4ccccc34)cccc2c1.c1ccc2cc(-c3c4ccccc4c(-c4ccc5c6ccccc6n6c7ccccc7c4c56)c4ccccc34)ccc2c1. The van der Waals surface area contributed by atoms with Gasteiger partial charge >= 0.3 is 0 Å². The van der Waals surface area contributed by atoms with Crippen molar-refractivity contribution in [3.8, 4) is 77.9 Å². The Kier molecular flexibility index (Phi) is 16.2. The van der Waals surface area contributed by atoms with Gasteiger partial charge < -0.3 is 13.2 Å². The molecular weight excluding hydrogens is 1560 g/mol. The fourth-order valence-electron chi connectivity index (χ4n) is 22.4. The maximum atomic E-state index is 6.36. The summed E-state index contributed by atoms with van der Waals surface area (Å²) in [4.78, 5) is 0. The van der Waals surface area contributed by atoms with Gasteiger partial charge in [-0.1, -0.05) is 406 Å². The van der Waals surface area contributed by atoms with E-state index in [2.05, 4.69) is 470 Å². The molecule has 0 amide bonds. The first kappa shape index (κ1) is 72.5. The Balaban J connectivity index is 0.0000000998. The lowest BCUT2D eigenvalue weighted by molar-refractivity contribution is 0.669. The molecule has 29 rings (SSSR count). The van der Waals surface area contributed by atoms with Gasteiger partial charge in [-0.2, -0.15) is 0 Å². The highest BCUT2D eigenvalue weighted by Crippen LogP contribution is 2.54. The predicted octanol–water partition coefficient (Wildman–Crippen LogP) is 35.3. The van der Waals surface area contributed by atoms with E-state index >= 15 is 0 Å². The molecule has 0 aliphatic heterocycles. The summed E-state index contributed by atoms with van der Waals surface area (Å²) in [5.74, 6) is 0. The molecule has 29 aromatic rings. The summed E-state index contributed by atoms with van der Waals surface area (Å²) in [6.45, 7) is 0. The number of fused-ring (bicyclic) bond motifs is 24. The van der Waals surface area contributed by atoms with Gasteiger partial charge in [0.1, 0.15) is 11.2 Å². The predicted molar refractivity (Wildman–Crippen MR) is 552 cm³/mol. The third-order valence-electron chi connectivity index (χ3n) is 27.8. The number of hydrogen-bond donors (Lipinski definition) is 0. The highest BCUT2D eigenvalue weighted by Gasteiger charge is 2.28. The maximum Gasteiger partial charge on any atom is 0.136 e. The molecule has 5 aromatic heterocycles. The molecule has 0 fully saturated rings. The van der Waals surface area contributed by atoms with Crippen molar-refractivity contribution in [2.75, 3.05) is 0 Å². The number of rotatable bonds is 7. The summed E-state index contributed by atoms with van der Waals surface area (Å²) >= 11 is 0. The van der Waals surface area contributed by atoms with Crippen LogP contribution in [0.15, 0.2) is 465 Å². The molecule has 0 bridgehead atoms. The monoisotopic (exact) mass is 1630 g/mol. The number of aromatic nitrogens is 2. The van der Waals surface area contributed by atoms with E-state index < -0.39 is 0 Å². The van der Waals surface area contributed by atoms with Gasteiger partial charge in [0, 0.05) is 53.9 Å². The Bertz CT molecular complexity index is 9550. The fourth-order valence-corrected chi connectivity index (χ4v) is 22.4. The van der Waals surface area contributed by atoms with E-state index in [1.165, 1.54) is 251 Å². The van der Waals surface area contributed by atoms with Crippen LogP contribution in [-0.2, 0) is 0 Å². The molecule has 129 heavy (non-hydrogen) atoms. The molecule has 0 saturated carbocycles. The van der Waals surface area contributed by atoms with E-state index in [-0.39, 0.29) is 0 Å². The third kappa shape index (κ3) is 11.0. The normalized spacial score (nSPS) is 12.0. The number of furan rings is 1. The second-order valence-corrected chi connectivity index (χ2v) is 34.6. The Labute approximate surface area is 742 Å². The molecule has 24 aromatic carbocycles. The van der Waals surface area contributed by atoms with Crippen molar-refractivity contribution >= 4 is 195 Å². The van der Waals surface area contributed by atoms with Crippen molar-refractivity contribution in [1.82, 2.24) is 8.80 Å². The van der Waals surface area contributed by atoms with Gasteiger partial charge in [0.05, 0.1) is 33.1 Å². The van der Waals surface area contributed by atoms with Crippen LogP contribution in [0.3, 0.4) is 0 Å². The molecule has 5 heterocycles. The first-order chi connectivity index (χ1) is 64.1.